The number of rotatable bonds is 3. The number of hydrogen-bond acceptors (Lipinski definition) is 4. The second-order valence-corrected chi connectivity index (χ2v) is 6.00. The molecule has 20 heavy (non-hydrogen) atoms. The highest BCUT2D eigenvalue weighted by atomic mass is 15.3. The highest BCUT2D eigenvalue weighted by Gasteiger charge is 2.21. The van der Waals surface area contributed by atoms with Gasteiger partial charge >= 0.3 is 0 Å². The Morgan fingerprint density at radius 1 is 1.10 bits per heavy atom. The van der Waals surface area contributed by atoms with Gasteiger partial charge in [0.05, 0.1) is 6.67 Å². The summed E-state index contributed by atoms with van der Waals surface area (Å²) in [4.78, 5) is 5.11. The smallest absolute Gasteiger partial charge is 0.0845 e. The molecule has 0 unspecified atom stereocenters. The molecule has 0 amide bonds. The summed E-state index contributed by atoms with van der Waals surface area (Å²) in [5.41, 5.74) is 5.71. The van der Waals surface area contributed by atoms with Crippen LogP contribution in [0, 0.1) is 0 Å². The Hall–Kier alpha value is -1.42. The van der Waals surface area contributed by atoms with Crippen molar-refractivity contribution in [2.45, 2.75) is 26.7 Å². The molecule has 4 heteroatoms. The van der Waals surface area contributed by atoms with Crippen LogP contribution in [-0.2, 0) is 0 Å². The van der Waals surface area contributed by atoms with Crippen molar-refractivity contribution in [1.29, 1.82) is 0 Å². The molecular formula is C16H26N4. The molecule has 0 radical (unpaired) electrons. The predicted molar refractivity (Wildman–Crippen MR) is 82.9 cm³/mol. The highest BCUT2D eigenvalue weighted by molar-refractivity contribution is 5.27. The van der Waals surface area contributed by atoms with E-state index in [1.807, 2.05) is 0 Å². The van der Waals surface area contributed by atoms with E-state index >= 15 is 0 Å². The van der Waals surface area contributed by atoms with Crippen molar-refractivity contribution in [3.63, 3.8) is 0 Å². The summed E-state index contributed by atoms with van der Waals surface area (Å²) in [7, 11) is 0. The molecule has 0 aromatic rings. The summed E-state index contributed by atoms with van der Waals surface area (Å²) in [6.45, 7) is 11.0. The lowest BCUT2D eigenvalue weighted by Crippen LogP contribution is -2.47. The molecular weight excluding hydrogens is 248 g/mol. The molecule has 2 N–H and O–H groups in total. The van der Waals surface area contributed by atoms with Crippen LogP contribution < -0.4 is 10.6 Å². The Morgan fingerprint density at radius 3 is 2.55 bits per heavy atom. The number of hydrogen-bond donors (Lipinski definition) is 2. The van der Waals surface area contributed by atoms with Gasteiger partial charge in [-0.1, -0.05) is 6.08 Å². The van der Waals surface area contributed by atoms with Crippen LogP contribution in [0.2, 0.25) is 0 Å². The van der Waals surface area contributed by atoms with E-state index < -0.39 is 0 Å². The molecule has 0 bridgehead atoms. The SMILES string of the molecule is CC1=C(N2CCN(CC3=C(C)NCN3)CC2)C=CCC1. The molecule has 3 rings (SSSR count). The van der Waals surface area contributed by atoms with Gasteiger partial charge in [-0.3, -0.25) is 4.90 Å². The topological polar surface area (TPSA) is 30.5 Å². The first kappa shape index (κ1) is 13.6. The maximum absolute atomic E-state index is 3.43. The number of nitrogens with zero attached hydrogens (tertiary/aromatic N) is 2. The van der Waals surface area contributed by atoms with Gasteiger partial charge in [0.15, 0.2) is 0 Å². The van der Waals surface area contributed by atoms with Gasteiger partial charge in [-0.15, -0.1) is 0 Å². The summed E-state index contributed by atoms with van der Waals surface area (Å²) in [6.07, 6.45) is 7.08. The summed E-state index contributed by atoms with van der Waals surface area (Å²) < 4.78 is 0. The third-order valence-electron chi connectivity index (χ3n) is 4.60. The van der Waals surface area contributed by atoms with Crippen molar-refractivity contribution < 1.29 is 0 Å². The van der Waals surface area contributed by atoms with Gasteiger partial charge in [0.2, 0.25) is 0 Å². The van der Waals surface area contributed by atoms with Gasteiger partial charge in [-0.2, -0.15) is 0 Å². The minimum atomic E-state index is 0.887. The van der Waals surface area contributed by atoms with Crippen LogP contribution in [0.4, 0.5) is 0 Å². The lowest BCUT2D eigenvalue weighted by molar-refractivity contribution is 0.169. The van der Waals surface area contributed by atoms with Crippen LogP contribution in [0.3, 0.4) is 0 Å². The predicted octanol–water partition coefficient (Wildman–Crippen LogP) is 1.61. The zero-order chi connectivity index (χ0) is 13.9. The fraction of sp³-hybridized carbons (Fsp3) is 0.625. The zero-order valence-corrected chi connectivity index (χ0v) is 12.7. The van der Waals surface area contributed by atoms with E-state index in [1.54, 1.807) is 5.57 Å². The van der Waals surface area contributed by atoms with E-state index in [-0.39, 0.29) is 0 Å². The molecule has 4 nitrogen and oxygen atoms in total. The summed E-state index contributed by atoms with van der Waals surface area (Å²) >= 11 is 0. The molecule has 0 aromatic heterocycles. The van der Waals surface area contributed by atoms with Gasteiger partial charge in [0.1, 0.15) is 0 Å². The van der Waals surface area contributed by atoms with Crippen molar-refractivity contribution >= 4 is 0 Å². The Morgan fingerprint density at radius 2 is 1.90 bits per heavy atom. The van der Waals surface area contributed by atoms with Crippen LogP contribution in [-0.4, -0.2) is 49.2 Å². The molecule has 3 aliphatic rings. The van der Waals surface area contributed by atoms with Crippen LogP contribution in [0.5, 0.6) is 0 Å². The second kappa shape index (κ2) is 5.92. The molecule has 0 atom stereocenters. The van der Waals surface area contributed by atoms with E-state index in [1.165, 1.54) is 29.9 Å². The Labute approximate surface area is 122 Å². The van der Waals surface area contributed by atoms with Crippen LogP contribution >= 0.6 is 0 Å². The first-order chi connectivity index (χ1) is 9.74. The molecule has 110 valence electrons. The largest absolute Gasteiger partial charge is 0.370 e. The Balaban J connectivity index is 1.55. The van der Waals surface area contributed by atoms with Gasteiger partial charge in [-0.25, -0.2) is 0 Å². The fourth-order valence-corrected chi connectivity index (χ4v) is 3.21. The van der Waals surface area contributed by atoms with Gasteiger partial charge in [0, 0.05) is 49.8 Å². The first-order valence-electron chi connectivity index (χ1n) is 7.75. The minimum Gasteiger partial charge on any atom is -0.370 e. The fourth-order valence-electron chi connectivity index (χ4n) is 3.21. The summed E-state index contributed by atoms with van der Waals surface area (Å²) in [5.74, 6) is 0. The molecule has 1 aliphatic carbocycles. The van der Waals surface area contributed by atoms with Crippen LogP contribution in [0.15, 0.2) is 34.8 Å². The van der Waals surface area contributed by atoms with Gasteiger partial charge in [0.25, 0.3) is 0 Å². The van der Waals surface area contributed by atoms with Crippen molar-refractivity contribution in [2.24, 2.45) is 0 Å². The molecule has 0 aromatic carbocycles. The molecule has 2 heterocycles. The van der Waals surface area contributed by atoms with E-state index in [0.717, 1.165) is 39.4 Å². The number of allylic oxidation sites excluding steroid dienone is 4. The summed E-state index contributed by atoms with van der Waals surface area (Å²) in [5, 5.41) is 6.77. The number of nitrogens with one attached hydrogen (secondary N) is 2. The maximum atomic E-state index is 3.43. The Bertz CT molecular complexity index is 453. The first-order valence-corrected chi connectivity index (χ1v) is 7.75. The Kier molecular flexibility index (Phi) is 4.01. The zero-order valence-electron chi connectivity index (χ0n) is 12.7. The van der Waals surface area contributed by atoms with Crippen LogP contribution in [0.25, 0.3) is 0 Å². The monoisotopic (exact) mass is 274 g/mol. The second-order valence-electron chi connectivity index (χ2n) is 6.00. The third kappa shape index (κ3) is 2.85. The van der Waals surface area contributed by atoms with E-state index in [4.69, 9.17) is 0 Å². The van der Waals surface area contributed by atoms with Crippen LogP contribution in [0.1, 0.15) is 26.7 Å². The standard InChI is InChI=1S/C16H26N4/c1-13-5-3-4-6-16(13)20-9-7-19(8-10-20)11-15-14(2)17-12-18-15/h4,6,17-18H,3,5,7-12H2,1-2H3. The number of piperazine rings is 1. The van der Waals surface area contributed by atoms with Gasteiger partial charge in [-0.05, 0) is 38.3 Å². The van der Waals surface area contributed by atoms with E-state index in [2.05, 4.69) is 46.4 Å². The average molecular weight is 274 g/mol. The molecule has 0 spiro atoms. The maximum Gasteiger partial charge on any atom is 0.0845 e. The average Bonchev–Trinajstić information content (AvgIpc) is 2.86. The normalized spacial score (nSPS) is 24.2. The minimum absolute atomic E-state index is 0.887. The summed E-state index contributed by atoms with van der Waals surface area (Å²) in [6, 6.07) is 0. The lowest BCUT2D eigenvalue weighted by atomic mass is 10.0. The van der Waals surface area contributed by atoms with Crippen molar-refractivity contribution in [3.05, 3.63) is 34.8 Å². The molecule has 2 aliphatic heterocycles. The third-order valence-corrected chi connectivity index (χ3v) is 4.60. The quantitative estimate of drug-likeness (QED) is 0.818. The van der Waals surface area contributed by atoms with Crippen molar-refractivity contribution in [2.75, 3.05) is 39.4 Å². The molecule has 0 saturated carbocycles. The van der Waals surface area contributed by atoms with Crippen molar-refractivity contribution in [3.8, 4) is 0 Å². The highest BCUT2D eigenvalue weighted by Crippen LogP contribution is 2.22. The van der Waals surface area contributed by atoms with Gasteiger partial charge < -0.3 is 15.5 Å². The van der Waals surface area contributed by atoms with E-state index in [0.29, 0.717) is 0 Å². The lowest BCUT2D eigenvalue weighted by Gasteiger charge is -2.38. The van der Waals surface area contributed by atoms with Crippen molar-refractivity contribution in [1.82, 2.24) is 20.4 Å². The molecule has 1 fully saturated rings. The molecule has 1 saturated heterocycles. The van der Waals surface area contributed by atoms with E-state index in [9.17, 15) is 0 Å².